The molecule has 0 fully saturated rings. The number of benzene rings is 1. The van der Waals surface area contributed by atoms with Crippen LogP contribution in [0.4, 0.5) is 0 Å². The van der Waals surface area contributed by atoms with Crippen LogP contribution >= 0.6 is 0 Å². The molecule has 1 heteroatoms. The van der Waals surface area contributed by atoms with Crippen LogP contribution in [0.15, 0.2) is 36.4 Å². The number of nitrogens with one attached hydrogen (secondary N) is 1. The fourth-order valence-corrected chi connectivity index (χ4v) is 2.38. The summed E-state index contributed by atoms with van der Waals surface area (Å²) >= 11 is 0. The molecule has 0 aliphatic heterocycles. The van der Waals surface area contributed by atoms with Crippen molar-refractivity contribution in [3.63, 3.8) is 0 Å². The molecule has 86 valence electrons. The minimum atomic E-state index is 0.561. The van der Waals surface area contributed by atoms with Crippen LogP contribution in [0, 0.1) is 6.92 Å². The van der Waals surface area contributed by atoms with Gasteiger partial charge in [-0.15, -0.1) is 0 Å². The molecule has 1 aromatic carbocycles. The molecule has 0 bridgehead atoms. The summed E-state index contributed by atoms with van der Waals surface area (Å²) in [7, 11) is 0. The van der Waals surface area contributed by atoms with E-state index < -0.39 is 0 Å². The van der Waals surface area contributed by atoms with E-state index in [1.807, 2.05) is 0 Å². The van der Waals surface area contributed by atoms with E-state index in [1.54, 1.807) is 0 Å². The van der Waals surface area contributed by atoms with Gasteiger partial charge in [0.25, 0.3) is 0 Å². The van der Waals surface area contributed by atoms with E-state index >= 15 is 0 Å². The largest absolute Gasteiger partial charge is 0.311 e. The van der Waals surface area contributed by atoms with Crippen molar-refractivity contribution in [1.82, 2.24) is 5.32 Å². The Kier molecular flexibility index (Phi) is 3.79. The Morgan fingerprint density at radius 3 is 2.62 bits per heavy atom. The van der Waals surface area contributed by atoms with Crippen molar-refractivity contribution in [2.45, 2.75) is 45.2 Å². The van der Waals surface area contributed by atoms with Gasteiger partial charge in [-0.1, -0.05) is 36.4 Å². The zero-order valence-electron chi connectivity index (χ0n) is 10.2. The summed E-state index contributed by atoms with van der Waals surface area (Å²) in [6.07, 6.45) is 8.07. The lowest BCUT2D eigenvalue weighted by Crippen LogP contribution is -2.36. The van der Waals surface area contributed by atoms with Crippen LogP contribution in [0.3, 0.4) is 0 Å². The van der Waals surface area contributed by atoms with Gasteiger partial charge in [-0.2, -0.15) is 0 Å². The molecule has 1 atom stereocenters. The highest BCUT2D eigenvalue weighted by atomic mass is 14.9. The maximum absolute atomic E-state index is 3.69. The van der Waals surface area contributed by atoms with Crippen molar-refractivity contribution >= 4 is 0 Å². The first-order chi connectivity index (χ1) is 7.75. The molecule has 1 unspecified atom stereocenters. The summed E-state index contributed by atoms with van der Waals surface area (Å²) in [4.78, 5) is 0. The SMILES string of the molecule is Cc1ccccc1CC(C)NC1CC=CC1. The van der Waals surface area contributed by atoms with E-state index in [1.165, 1.54) is 24.0 Å². The average molecular weight is 215 g/mol. The Bertz CT molecular complexity index is 359. The fraction of sp³-hybridized carbons (Fsp3) is 0.467. The van der Waals surface area contributed by atoms with Crippen LogP contribution in [0.2, 0.25) is 0 Å². The van der Waals surface area contributed by atoms with Gasteiger partial charge in [-0.25, -0.2) is 0 Å². The van der Waals surface area contributed by atoms with E-state index in [2.05, 4.69) is 55.6 Å². The first kappa shape index (κ1) is 11.4. The minimum Gasteiger partial charge on any atom is -0.311 e. The maximum atomic E-state index is 3.69. The first-order valence-corrected chi connectivity index (χ1v) is 6.21. The second-order valence-corrected chi connectivity index (χ2v) is 4.84. The Labute approximate surface area is 98.6 Å². The van der Waals surface area contributed by atoms with Crippen molar-refractivity contribution in [3.05, 3.63) is 47.5 Å². The monoisotopic (exact) mass is 215 g/mol. The third-order valence-electron chi connectivity index (χ3n) is 3.32. The van der Waals surface area contributed by atoms with Crippen LogP contribution in [-0.2, 0) is 6.42 Å². The topological polar surface area (TPSA) is 12.0 Å². The van der Waals surface area contributed by atoms with Gasteiger partial charge in [0.2, 0.25) is 0 Å². The number of hydrogen-bond donors (Lipinski definition) is 1. The molecule has 2 rings (SSSR count). The van der Waals surface area contributed by atoms with E-state index in [0.717, 1.165) is 6.42 Å². The van der Waals surface area contributed by atoms with Crippen LogP contribution < -0.4 is 5.32 Å². The third-order valence-corrected chi connectivity index (χ3v) is 3.32. The summed E-state index contributed by atoms with van der Waals surface area (Å²) in [5.74, 6) is 0. The molecule has 0 heterocycles. The summed E-state index contributed by atoms with van der Waals surface area (Å²) in [6, 6.07) is 9.90. The van der Waals surface area contributed by atoms with Gasteiger partial charge in [-0.05, 0) is 44.2 Å². The molecular weight excluding hydrogens is 194 g/mol. The van der Waals surface area contributed by atoms with E-state index in [0.29, 0.717) is 12.1 Å². The number of rotatable bonds is 4. The van der Waals surface area contributed by atoms with Crippen molar-refractivity contribution in [3.8, 4) is 0 Å². The molecule has 1 aliphatic rings. The zero-order chi connectivity index (χ0) is 11.4. The highest BCUT2D eigenvalue weighted by molar-refractivity contribution is 5.26. The maximum Gasteiger partial charge on any atom is 0.0139 e. The van der Waals surface area contributed by atoms with Crippen LogP contribution in [0.25, 0.3) is 0 Å². The van der Waals surface area contributed by atoms with Crippen molar-refractivity contribution in [2.24, 2.45) is 0 Å². The zero-order valence-corrected chi connectivity index (χ0v) is 10.2. The third kappa shape index (κ3) is 2.96. The molecule has 0 spiro atoms. The van der Waals surface area contributed by atoms with Gasteiger partial charge in [0.15, 0.2) is 0 Å². The molecule has 1 aromatic rings. The lowest BCUT2D eigenvalue weighted by atomic mass is 10.0. The van der Waals surface area contributed by atoms with Gasteiger partial charge in [0.05, 0.1) is 0 Å². The lowest BCUT2D eigenvalue weighted by molar-refractivity contribution is 0.457. The predicted octanol–water partition coefficient (Wildman–Crippen LogP) is 3.23. The van der Waals surface area contributed by atoms with Crippen LogP contribution in [-0.4, -0.2) is 12.1 Å². The summed E-state index contributed by atoms with van der Waals surface area (Å²) < 4.78 is 0. The second kappa shape index (κ2) is 5.31. The summed E-state index contributed by atoms with van der Waals surface area (Å²) in [5.41, 5.74) is 2.87. The van der Waals surface area contributed by atoms with Crippen molar-refractivity contribution in [2.75, 3.05) is 0 Å². The molecule has 0 saturated heterocycles. The van der Waals surface area contributed by atoms with Crippen molar-refractivity contribution in [1.29, 1.82) is 0 Å². The molecule has 16 heavy (non-hydrogen) atoms. The Hall–Kier alpha value is -1.08. The normalized spacial score (nSPS) is 17.9. The minimum absolute atomic E-state index is 0.561. The lowest BCUT2D eigenvalue weighted by Gasteiger charge is -2.20. The van der Waals surface area contributed by atoms with Gasteiger partial charge in [-0.3, -0.25) is 0 Å². The Morgan fingerprint density at radius 2 is 1.94 bits per heavy atom. The van der Waals surface area contributed by atoms with Crippen LogP contribution in [0.1, 0.15) is 30.9 Å². The summed E-state index contributed by atoms with van der Waals surface area (Å²) in [6.45, 7) is 4.48. The molecule has 0 saturated carbocycles. The Morgan fingerprint density at radius 1 is 1.25 bits per heavy atom. The molecule has 1 N–H and O–H groups in total. The number of hydrogen-bond acceptors (Lipinski definition) is 1. The first-order valence-electron chi connectivity index (χ1n) is 6.21. The van der Waals surface area contributed by atoms with Gasteiger partial charge < -0.3 is 5.32 Å². The van der Waals surface area contributed by atoms with E-state index in [9.17, 15) is 0 Å². The molecule has 0 radical (unpaired) electrons. The Balaban J connectivity index is 1.87. The number of aryl methyl sites for hydroxylation is 1. The predicted molar refractivity (Wildman–Crippen MR) is 69.6 cm³/mol. The second-order valence-electron chi connectivity index (χ2n) is 4.84. The molecule has 1 nitrogen and oxygen atoms in total. The van der Waals surface area contributed by atoms with Gasteiger partial charge >= 0.3 is 0 Å². The van der Waals surface area contributed by atoms with Gasteiger partial charge in [0, 0.05) is 12.1 Å². The molecule has 0 amide bonds. The molecular formula is C15H21N. The standard InChI is InChI=1S/C15H21N/c1-12-7-3-4-8-14(12)11-13(2)16-15-9-5-6-10-15/h3-8,13,15-16H,9-11H2,1-2H3. The highest BCUT2D eigenvalue weighted by Gasteiger charge is 2.13. The van der Waals surface area contributed by atoms with Crippen molar-refractivity contribution < 1.29 is 0 Å². The highest BCUT2D eigenvalue weighted by Crippen LogP contribution is 2.13. The van der Waals surface area contributed by atoms with Crippen LogP contribution in [0.5, 0.6) is 0 Å². The fourth-order valence-electron chi connectivity index (χ4n) is 2.38. The quantitative estimate of drug-likeness (QED) is 0.760. The smallest absolute Gasteiger partial charge is 0.0139 e. The average Bonchev–Trinajstić information content (AvgIpc) is 2.74. The van der Waals surface area contributed by atoms with E-state index in [-0.39, 0.29) is 0 Å². The summed E-state index contributed by atoms with van der Waals surface area (Å²) in [5, 5.41) is 3.69. The molecule has 0 aromatic heterocycles. The van der Waals surface area contributed by atoms with E-state index in [4.69, 9.17) is 0 Å². The molecule has 1 aliphatic carbocycles. The van der Waals surface area contributed by atoms with Gasteiger partial charge in [0.1, 0.15) is 0 Å².